The average molecular weight is 254 g/mol. The van der Waals surface area contributed by atoms with Gasteiger partial charge < -0.3 is 9.90 Å². The van der Waals surface area contributed by atoms with Crippen LogP contribution in [0.5, 0.6) is 0 Å². The largest absolute Gasteiger partial charge is 0.550 e. The second-order valence-electron chi connectivity index (χ2n) is 4.58. The maximum atomic E-state index is 8.89. The summed E-state index contributed by atoms with van der Waals surface area (Å²) in [4.78, 5) is 8.89. The second-order valence-corrected chi connectivity index (χ2v) is 4.58. The van der Waals surface area contributed by atoms with Crippen molar-refractivity contribution in [3.05, 3.63) is 18.7 Å². The van der Waals surface area contributed by atoms with Crippen molar-refractivity contribution in [1.82, 2.24) is 4.57 Å². The molecule has 104 valence electrons. The Morgan fingerprint density at radius 1 is 1.22 bits per heavy atom. The van der Waals surface area contributed by atoms with Crippen LogP contribution >= 0.6 is 0 Å². The predicted octanol–water partition coefficient (Wildman–Crippen LogP) is 1.43. The van der Waals surface area contributed by atoms with Crippen LogP contribution in [0.2, 0.25) is 0 Å². The highest BCUT2D eigenvalue weighted by molar-refractivity contribution is 5.60. The number of carboxylic acid groups (broad SMARTS) is 1. The molecule has 1 heterocycles. The molecule has 0 radical (unpaired) electrons. The van der Waals surface area contributed by atoms with Gasteiger partial charge in [-0.2, -0.15) is 0 Å². The first-order chi connectivity index (χ1) is 8.56. The molecule has 4 nitrogen and oxygen atoms in total. The molecule has 0 aliphatic heterocycles. The number of hydrogen-bond donors (Lipinski definition) is 0. The van der Waals surface area contributed by atoms with Crippen molar-refractivity contribution < 1.29 is 14.5 Å². The quantitative estimate of drug-likeness (QED) is 0.546. The predicted molar refractivity (Wildman–Crippen MR) is 69.7 cm³/mol. The third-order valence-electron chi connectivity index (χ3n) is 2.59. The number of carbonyl (C=O) groups excluding carboxylic acids is 1. The van der Waals surface area contributed by atoms with E-state index in [0.29, 0.717) is 0 Å². The highest BCUT2D eigenvalue weighted by atomic mass is 16.4. The van der Waals surface area contributed by atoms with Crippen LogP contribution in [0.1, 0.15) is 52.4 Å². The number of carboxylic acids is 1. The number of imidazole rings is 1. The van der Waals surface area contributed by atoms with Crippen LogP contribution in [0, 0.1) is 0 Å². The summed E-state index contributed by atoms with van der Waals surface area (Å²) in [6.07, 6.45) is 14.6. The highest BCUT2D eigenvalue weighted by Crippen LogP contribution is 2.04. The van der Waals surface area contributed by atoms with Crippen LogP contribution in [-0.2, 0) is 18.4 Å². The molecule has 0 unspecified atom stereocenters. The lowest BCUT2D eigenvalue weighted by atomic mass is 10.1. The van der Waals surface area contributed by atoms with Crippen LogP contribution in [0.4, 0.5) is 0 Å². The van der Waals surface area contributed by atoms with Gasteiger partial charge in [0.05, 0.1) is 13.6 Å². The van der Waals surface area contributed by atoms with Gasteiger partial charge in [0, 0.05) is 5.97 Å². The number of unbranched alkanes of at least 4 members (excludes halogenated alkanes) is 5. The lowest BCUT2D eigenvalue weighted by Crippen LogP contribution is -2.30. The lowest BCUT2D eigenvalue weighted by molar-refractivity contribution is -0.696. The second kappa shape index (κ2) is 10.8. The first-order valence-corrected chi connectivity index (χ1v) is 6.74. The van der Waals surface area contributed by atoms with Crippen molar-refractivity contribution in [2.45, 2.75) is 58.9 Å². The molecule has 0 bridgehead atoms. The van der Waals surface area contributed by atoms with E-state index in [1.165, 1.54) is 45.1 Å². The van der Waals surface area contributed by atoms with Crippen molar-refractivity contribution >= 4 is 5.97 Å². The van der Waals surface area contributed by atoms with Crippen molar-refractivity contribution in [1.29, 1.82) is 0 Å². The van der Waals surface area contributed by atoms with Gasteiger partial charge >= 0.3 is 0 Å². The van der Waals surface area contributed by atoms with Crippen LogP contribution in [0.15, 0.2) is 18.7 Å². The van der Waals surface area contributed by atoms with E-state index >= 15 is 0 Å². The summed E-state index contributed by atoms with van der Waals surface area (Å²) in [5.74, 6) is -1.08. The Morgan fingerprint density at radius 2 is 1.78 bits per heavy atom. The zero-order valence-corrected chi connectivity index (χ0v) is 11.9. The van der Waals surface area contributed by atoms with Crippen molar-refractivity contribution in [3.8, 4) is 0 Å². The van der Waals surface area contributed by atoms with Gasteiger partial charge in [-0.15, -0.1) is 0 Å². The summed E-state index contributed by atoms with van der Waals surface area (Å²) >= 11 is 0. The number of carbonyl (C=O) groups is 1. The molecule has 0 aliphatic rings. The smallest absolute Gasteiger partial charge is 0.243 e. The number of nitrogens with zero attached hydrogens (tertiary/aromatic N) is 2. The molecule has 4 heteroatoms. The maximum Gasteiger partial charge on any atom is 0.243 e. The summed E-state index contributed by atoms with van der Waals surface area (Å²) in [7, 11) is 2.07. The molecule has 0 saturated heterocycles. The molecule has 0 atom stereocenters. The monoisotopic (exact) mass is 254 g/mol. The molecule has 1 aromatic rings. The average Bonchev–Trinajstić information content (AvgIpc) is 2.69. The van der Waals surface area contributed by atoms with Crippen LogP contribution in [0.3, 0.4) is 0 Å². The molecule has 18 heavy (non-hydrogen) atoms. The molecular weight excluding hydrogens is 228 g/mol. The standard InChI is InChI=1S/C12H23N2.C2H4O2/c1-3-4-5-6-7-8-9-14-11-10-13(2)12-14;1-2(3)4/h10-12H,3-9H2,1-2H3;1H3,(H,3,4)/q+1;/p-1. The Balaban J connectivity index is 0.000000631. The Hall–Kier alpha value is -1.32. The van der Waals surface area contributed by atoms with E-state index < -0.39 is 5.97 Å². The van der Waals surface area contributed by atoms with Crippen LogP contribution in [-0.4, -0.2) is 10.5 Å². The van der Waals surface area contributed by atoms with Gasteiger partial charge in [-0.25, -0.2) is 9.13 Å². The van der Waals surface area contributed by atoms with E-state index in [0.717, 1.165) is 6.92 Å². The fourth-order valence-corrected chi connectivity index (χ4v) is 1.71. The number of rotatable bonds is 7. The summed E-state index contributed by atoms with van der Waals surface area (Å²) in [5, 5.41) is 8.89. The van der Waals surface area contributed by atoms with Gasteiger partial charge in [0.15, 0.2) is 0 Å². The van der Waals surface area contributed by atoms with Crippen LogP contribution < -0.4 is 9.67 Å². The molecular formula is C14H26N2O2. The first kappa shape index (κ1) is 16.7. The number of hydrogen-bond acceptors (Lipinski definition) is 2. The van der Waals surface area contributed by atoms with Gasteiger partial charge in [-0.1, -0.05) is 32.6 Å². The van der Waals surface area contributed by atoms with Crippen molar-refractivity contribution in [2.75, 3.05) is 0 Å². The van der Waals surface area contributed by atoms with Gasteiger partial charge in [0.1, 0.15) is 12.4 Å². The normalized spacial score (nSPS) is 9.72. The van der Waals surface area contributed by atoms with Gasteiger partial charge in [0.2, 0.25) is 6.33 Å². The molecule has 0 fully saturated rings. The molecule has 0 amide bonds. The maximum absolute atomic E-state index is 8.89. The molecule has 0 aliphatic carbocycles. The summed E-state index contributed by atoms with van der Waals surface area (Å²) < 4.78 is 4.36. The molecule has 1 rings (SSSR count). The van der Waals surface area contributed by atoms with E-state index in [1.807, 2.05) is 0 Å². The summed E-state index contributed by atoms with van der Waals surface area (Å²) in [5.41, 5.74) is 0. The summed E-state index contributed by atoms with van der Waals surface area (Å²) in [6.45, 7) is 4.41. The Labute approximate surface area is 110 Å². The molecule has 0 N–H and O–H groups in total. The molecule has 1 aromatic heterocycles. The van der Waals surface area contributed by atoms with Gasteiger partial charge in [0.25, 0.3) is 0 Å². The Bertz CT molecular complexity index is 317. The van der Waals surface area contributed by atoms with Gasteiger partial charge in [-0.3, -0.25) is 0 Å². The van der Waals surface area contributed by atoms with Crippen molar-refractivity contribution in [2.24, 2.45) is 7.05 Å². The van der Waals surface area contributed by atoms with Crippen molar-refractivity contribution in [3.63, 3.8) is 0 Å². The number of aliphatic carboxylic acids is 1. The minimum absolute atomic E-state index is 0.972. The minimum Gasteiger partial charge on any atom is -0.550 e. The first-order valence-electron chi connectivity index (χ1n) is 6.74. The summed E-state index contributed by atoms with van der Waals surface area (Å²) in [6, 6.07) is 0. The fourth-order valence-electron chi connectivity index (χ4n) is 1.71. The lowest BCUT2D eigenvalue weighted by Gasteiger charge is -1.98. The molecule has 0 aromatic carbocycles. The van der Waals surface area contributed by atoms with E-state index in [9.17, 15) is 0 Å². The Kier molecular flexibility index (Phi) is 10.0. The minimum atomic E-state index is -1.08. The van der Waals surface area contributed by atoms with Gasteiger partial charge in [-0.05, 0) is 19.8 Å². The van der Waals surface area contributed by atoms with E-state index in [4.69, 9.17) is 9.90 Å². The molecule has 0 saturated carbocycles. The third kappa shape index (κ3) is 11.2. The Morgan fingerprint density at radius 3 is 2.28 bits per heavy atom. The topological polar surface area (TPSA) is 48.9 Å². The number of aromatic nitrogens is 2. The third-order valence-corrected chi connectivity index (χ3v) is 2.59. The SMILES string of the molecule is CC(=O)[O-].CCCCCCCC[n+]1ccn(C)c1. The zero-order chi connectivity index (χ0) is 13.8. The van der Waals surface area contributed by atoms with Crippen LogP contribution in [0.25, 0.3) is 0 Å². The fraction of sp³-hybridized carbons (Fsp3) is 0.714. The van der Waals surface area contributed by atoms with E-state index in [2.05, 4.69) is 41.8 Å². The molecule has 0 spiro atoms. The van der Waals surface area contributed by atoms with E-state index in [1.54, 1.807) is 0 Å². The highest BCUT2D eigenvalue weighted by Gasteiger charge is 1.98. The zero-order valence-electron chi connectivity index (χ0n) is 11.9. The van der Waals surface area contributed by atoms with E-state index in [-0.39, 0.29) is 0 Å². The number of aryl methyl sites for hydroxylation is 2.